The van der Waals surface area contributed by atoms with Crippen LogP contribution >= 0.6 is 15.9 Å². The van der Waals surface area contributed by atoms with Gasteiger partial charge in [-0.25, -0.2) is 0 Å². The number of benzene rings is 1. The Balaban J connectivity index is 2.37. The fourth-order valence-electron chi connectivity index (χ4n) is 1.56. The Morgan fingerprint density at radius 3 is 2.58 bits per heavy atom. The van der Waals surface area contributed by atoms with Crippen LogP contribution in [-0.4, -0.2) is 0 Å². The maximum absolute atomic E-state index is 8.69. The minimum Gasteiger partial charge on any atom is -0.457 e. The average Bonchev–Trinajstić information content (AvgIpc) is 2.87. The molecule has 92 valence electrons. The maximum atomic E-state index is 8.69. The van der Waals surface area contributed by atoms with Gasteiger partial charge in [-0.3, -0.25) is 0 Å². The average molecular weight is 313 g/mol. The molecule has 2 aromatic rings. The summed E-state index contributed by atoms with van der Waals surface area (Å²) in [5.74, 6) is 1.19. The first kappa shape index (κ1) is 13.1. The van der Waals surface area contributed by atoms with E-state index < -0.39 is 0 Å². The van der Waals surface area contributed by atoms with Gasteiger partial charge < -0.3 is 4.42 Å². The van der Waals surface area contributed by atoms with Crippen molar-refractivity contribution in [2.45, 2.75) is 6.92 Å². The molecule has 0 atom stereocenters. The molecule has 0 bridgehead atoms. The van der Waals surface area contributed by atoms with E-state index in [0.717, 1.165) is 15.6 Å². The molecule has 0 spiro atoms. The van der Waals surface area contributed by atoms with Gasteiger partial charge in [0.2, 0.25) is 0 Å². The molecule has 0 saturated heterocycles. The molecule has 0 aliphatic heterocycles. The number of nitriles is 2. The topological polar surface area (TPSA) is 60.7 Å². The first-order valence-electron chi connectivity index (χ1n) is 5.52. The van der Waals surface area contributed by atoms with Gasteiger partial charge in [0, 0.05) is 16.1 Å². The zero-order chi connectivity index (χ0) is 13.8. The molecule has 1 aromatic heterocycles. The van der Waals surface area contributed by atoms with Gasteiger partial charge in [-0.2, -0.15) is 10.5 Å². The summed E-state index contributed by atoms with van der Waals surface area (Å²) in [6, 6.07) is 13.1. The van der Waals surface area contributed by atoms with E-state index in [1.165, 1.54) is 6.08 Å². The van der Waals surface area contributed by atoms with Crippen LogP contribution in [0.4, 0.5) is 0 Å². The van der Waals surface area contributed by atoms with E-state index in [-0.39, 0.29) is 5.57 Å². The molecule has 0 saturated carbocycles. The highest BCUT2D eigenvalue weighted by Crippen LogP contribution is 2.27. The summed E-state index contributed by atoms with van der Waals surface area (Å²) >= 11 is 3.47. The van der Waals surface area contributed by atoms with Gasteiger partial charge in [0.05, 0.1) is 0 Å². The van der Waals surface area contributed by atoms with Crippen LogP contribution in [0.5, 0.6) is 0 Å². The Labute approximate surface area is 119 Å². The SMILES string of the molecule is Cc1ccc(-c2ccc(C=C(C#N)C#N)o2)cc1Br. The van der Waals surface area contributed by atoms with Crippen molar-refractivity contribution in [2.24, 2.45) is 0 Å². The fraction of sp³-hybridized carbons (Fsp3) is 0.0667. The number of furan rings is 1. The number of halogens is 1. The number of allylic oxidation sites excluding steroid dienone is 1. The zero-order valence-corrected chi connectivity index (χ0v) is 11.7. The quantitative estimate of drug-likeness (QED) is 0.770. The molecule has 4 heteroatoms. The second kappa shape index (κ2) is 5.56. The van der Waals surface area contributed by atoms with E-state index in [9.17, 15) is 0 Å². The highest BCUT2D eigenvalue weighted by atomic mass is 79.9. The van der Waals surface area contributed by atoms with Crippen LogP contribution in [0.1, 0.15) is 11.3 Å². The molecule has 3 nitrogen and oxygen atoms in total. The van der Waals surface area contributed by atoms with Crippen molar-refractivity contribution in [3.63, 3.8) is 0 Å². The Kier molecular flexibility index (Phi) is 3.85. The van der Waals surface area contributed by atoms with Gasteiger partial charge in [0.25, 0.3) is 0 Å². The second-order valence-corrected chi connectivity index (χ2v) is 4.80. The van der Waals surface area contributed by atoms with Crippen LogP contribution in [0.3, 0.4) is 0 Å². The molecular formula is C15H9BrN2O. The van der Waals surface area contributed by atoms with Crippen LogP contribution in [0, 0.1) is 29.6 Å². The van der Waals surface area contributed by atoms with Crippen LogP contribution in [0.25, 0.3) is 17.4 Å². The molecule has 0 N–H and O–H groups in total. The molecule has 0 radical (unpaired) electrons. The first-order chi connectivity index (χ1) is 9.13. The van der Waals surface area contributed by atoms with Gasteiger partial charge in [-0.15, -0.1) is 0 Å². The summed E-state index contributed by atoms with van der Waals surface area (Å²) in [5.41, 5.74) is 2.10. The predicted molar refractivity (Wildman–Crippen MR) is 75.8 cm³/mol. The lowest BCUT2D eigenvalue weighted by Gasteiger charge is -2.01. The number of aryl methyl sites for hydroxylation is 1. The van der Waals surface area contributed by atoms with E-state index in [2.05, 4.69) is 15.9 Å². The normalized spacial score (nSPS) is 9.47. The fourth-order valence-corrected chi connectivity index (χ4v) is 1.94. The van der Waals surface area contributed by atoms with E-state index in [4.69, 9.17) is 14.9 Å². The van der Waals surface area contributed by atoms with Crippen molar-refractivity contribution in [1.29, 1.82) is 10.5 Å². The van der Waals surface area contributed by atoms with Gasteiger partial charge >= 0.3 is 0 Å². The van der Waals surface area contributed by atoms with Crippen molar-refractivity contribution in [3.05, 3.63) is 51.7 Å². The van der Waals surface area contributed by atoms with E-state index in [1.807, 2.05) is 31.2 Å². The minimum absolute atomic E-state index is 0.0194. The molecule has 0 aliphatic rings. The van der Waals surface area contributed by atoms with Crippen molar-refractivity contribution in [3.8, 4) is 23.5 Å². The highest BCUT2D eigenvalue weighted by molar-refractivity contribution is 9.10. The molecule has 0 aliphatic carbocycles. The number of hydrogen-bond donors (Lipinski definition) is 0. The standard InChI is InChI=1S/C15H9BrN2O/c1-10-2-3-12(7-14(10)16)15-5-4-13(19-15)6-11(8-17)9-18/h2-7H,1H3. The van der Waals surface area contributed by atoms with E-state index in [0.29, 0.717) is 11.5 Å². The summed E-state index contributed by atoms with van der Waals surface area (Å²) in [6.07, 6.45) is 1.42. The van der Waals surface area contributed by atoms with Crippen molar-refractivity contribution in [2.75, 3.05) is 0 Å². The molecule has 19 heavy (non-hydrogen) atoms. The summed E-state index contributed by atoms with van der Waals surface area (Å²) in [4.78, 5) is 0. The number of hydrogen-bond acceptors (Lipinski definition) is 3. The van der Waals surface area contributed by atoms with Crippen molar-refractivity contribution < 1.29 is 4.42 Å². The number of nitrogens with zero attached hydrogens (tertiary/aromatic N) is 2. The third-order valence-electron chi connectivity index (χ3n) is 2.61. The lowest BCUT2D eigenvalue weighted by atomic mass is 10.1. The largest absolute Gasteiger partial charge is 0.457 e. The second-order valence-electron chi connectivity index (χ2n) is 3.95. The molecular weight excluding hydrogens is 304 g/mol. The molecule has 1 heterocycles. The van der Waals surface area contributed by atoms with Gasteiger partial charge in [0.15, 0.2) is 0 Å². The van der Waals surface area contributed by atoms with Crippen LogP contribution in [0.2, 0.25) is 0 Å². The third-order valence-corrected chi connectivity index (χ3v) is 3.46. The third kappa shape index (κ3) is 2.93. The van der Waals surface area contributed by atoms with Gasteiger partial charge in [0.1, 0.15) is 29.2 Å². The van der Waals surface area contributed by atoms with Crippen LogP contribution in [-0.2, 0) is 0 Å². The van der Waals surface area contributed by atoms with Crippen LogP contribution in [0.15, 0.2) is 44.8 Å². The minimum atomic E-state index is 0.0194. The molecule has 0 unspecified atom stereocenters. The van der Waals surface area contributed by atoms with Crippen LogP contribution < -0.4 is 0 Å². The Morgan fingerprint density at radius 1 is 1.21 bits per heavy atom. The highest BCUT2D eigenvalue weighted by Gasteiger charge is 2.06. The molecule has 2 rings (SSSR count). The maximum Gasteiger partial charge on any atom is 0.134 e. The first-order valence-corrected chi connectivity index (χ1v) is 6.31. The van der Waals surface area contributed by atoms with Crippen molar-refractivity contribution in [1.82, 2.24) is 0 Å². The Hall–Kier alpha value is -2.30. The molecule has 1 aromatic carbocycles. The predicted octanol–water partition coefficient (Wildman–Crippen LogP) is 4.45. The monoisotopic (exact) mass is 312 g/mol. The lowest BCUT2D eigenvalue weighted by molar-refractivity contribution is 0.571. The Morgan fingerprint density at radius 2 is 1.95 bits per heavy atom. The summed E-state index contributed by atoms with van der Waals surface area (Å²) in [7, 11) is 0. The van der Waals surface area contributed by atoms with Gasteiger partial charge in [-0.05, 0) is 30.7 Å². The molecule has 0 amide bonds. The number of rotatable bonds is 2. The smallest absolute Gasteiger partial charge is 0.134 e. The van der Waals surface area contributed by atoms with Crippen molar-refractivity contribution >= 4 is 22.0 Å². The summed E-state index contributed by atoms with van der Waals surface area (Å²) in [6.45, 7) is 2.01. The van der Waals surface area contributed by atoms with E-state index in [1.54, 1.807) is 18.2 Å². The molecule has 0 fully saturated rings. The lowest BCUT2D eigenvalue weighted by Crippen LogP contribution is -1.78. The summed E-state index contributed by atoms with van der Waals surface area (Å²) in [5, 5.41) is 17.4. The Bertz CT molecular complexity index is 713. The summed E-state index contributed by atoms with van der Waals surface area (Å²) < 4.78 is 6.61. The van der Waals surface area contributed by atoms with Gasteiger partial charge in [-0.1, -0.05) is 28.1 Å². The van der Waals surface area contributed by atoms with E-state index >= 15 is 0 Å². The zero-order valence-electron chi connectivity index (χ0n) is 10.1.